The van der Waals surface area contributed by atoms with Gasteiger partial charge < -0.3 is 10.8 Å². The van der Waals surface area contributed by atoms with Crippen LogP contribution >= 0.6 is 12.0 Å². The topological polar surface area (TPSA) is 110 Å². The van der Waals surface area contributed by atoms with Crippen LogP contribution in [0.1, 0.15) is 0 Å². The van der Waals surface area contributed by atoms with Crippen LogP contribution in [0.2, 0.25) is 0 Å². The second-order valence-corrected chi connectivity index (χ2v) is 5.58. The van der Waals surface area contributed by atoms with Gasteiger partial charge >= 0.3 is 0 Å². The van der Waals surface area contributed by atoms with Crippen molar-refractivity contribution in [3.8, 4) is 5.75 Å². The first-order valence-electron chi connectivity index (χ1n) is 6.86. The van der Waals surface area contributed by atoms with Gasteiger partial charge in [-0.25, -0.2) is 5.26 Å². The number of nitrogen functional groups attached to an aromatic ring is 1. The van der Waals surface area contributed by atoms with Crippen LogP contribution in [0.5, 0.6) is 5.75 Å². The van der Waals surface area contributed by atoms with E-state index in [-0.39, 0.29) is 5.75 Å². The number of nitrogens with two attached hydrogens (primary N) is 1. The average molecular weight is 343 g/mol. The Morgan fingerprint density at radius 3 is 2.50 bits per heavy atom. The minimum absolute atomic E-state index is 0.0210. The SMILES string of the molecule is Nc1ccc2c(O)cc(SOOO)cc2c1N=Nc1ccccc1. The lowest BCUT2D eigenvalue weighted by molar-refractivity contribution is -0.432. The number of phenols is 1. The summed E-state index contributed by atoms with van der Waals surface area (Å²) < 4.78 is 4.40. The van der Waals surface area contributed by atoms with Crippen molar-refractivity contribution < 1.29 is 19.7 Å². The van der Waals surface area contributed by atoms with Crippen LogP contribution in [0, 0.1) is 0 Å². The van der Waals surface area contributed by atoms with Gasteiger partial charge in [0.15, 0.2) is 0 Å². The van der Waals surface area contributed by atoms with E-state index < -0.39 is 0 Å². The van der Waals surface area contributed by atoms with E-state index in [1.807, 2.05) is 30.3 Å². The minimum atomic E-state index is 0.0210. The fourth-order valence-electron chi connectivity index (χ4n) is 2.21. The fourth-order valence-corrected chi connectivity index (χ4v) is 2.64. The highest BCUT2D eigenvalue weighted by atomic mass is 32.2. The Morgan fingerprint density at radius 1 is 0.958 bits per heavy atom. The highest BCUT2D eigenvalue weighted by molar-refractivity contribution is 7.94. The molecule has 24 heavy (non-hydrogen) atoms. The molecule has 4 N–H and O–H groups in total. The zero-order valence-corrected chi connectivity index (χ0v) is 13.1. The minimum Gasteiger partial charge on any atom is -0.507 e. The number of nitrogens with zero attached hydrogens (tertiary/aromatic N) is 2. The molecule has 0 spiro atoms. The van der Waals surface area contributed by atoms with Gasteiger partial charge in [-0.1, -0.05) is 23.2 Å². The summed E-state index contributed by atoms with van der Waals surface area (Å²) >= 11 is 0.733. The Bertz CT molecular complexity index is 887. The molecule has 0 aliphatic rings. The molecule has 0 unspecified atom stereocenters. The molecule has 0 saturated carbocycles. The van der Waals surface area contributed by atoms with Gasteiger partial charge in [0, 0.05) is 15.7 Å². The average Bonchev–Trinajstić information content (AvgIpc) is 2.60. The monoisotopic (exact) mass is 343 g/mol. The van der Waals surface area contributed by atoms with E-state index in [0.717, 1.165) is 12.0 Å². The summed E-state index contributed by atoms with van der Waals surface area (Å²) in [6, 6.07) is 15.7. The van der Waals surface area contributed by atoms with Gasteiger partial charge in [-0.15, -0.1) is 9.45 Å². The number of hydrogen-bond donors (Lipinski definition) is 3. The standard InChI is InChI=1S/C16H13N3O4S/c17-14-7-6-12-13(8-11(9-15(12)20)24-23-22-21)16(14)19-18-10-4-2-1-3-5-10/h1-9,20-21H,17H2. The van der Waals surface area contributed by atoms with Gasteiger partial charge in [0.1, 0.15) is 11.4 Å². The predicted octanol–water partition coefficient (Wildman–Crippen LogP) is 4.97. The highest BCUT2D eigenvalue weighted by Gasteiger charge is 2.11. The Hall–Kier alpha value is -2.65. The molecule has 0 aliphatic heterocycles. The van der Waals surface area contributed by atoms with E-state index in [2.05, 4.69) is 19.6 Å². The summed E-state index contributed by atoms with van der Waals surface area (Å²) in [6.45, 7) is 0. The highest BCUT2D eigenvalue weighted by Crippen LogP contribution is 2.40. The maximum Gasteiger partial charge on any atom is 0.124 e. The molecule has 3 aromatic carbocycles. The summed E-state index contributed by atoms with van der Waals surface area (Å²) in [5.41, 5.74) is 7.54. The van der Waals surface area contributed by atoms with Crippen molar-refractivity contribution in [2.75, 3.05) is 5.73 Å². The van der Waals surface area contributed by atoms with E-state index in [1.54, 1.807) is 18.2 Å². The van der Waals surface area contributed by atoms with Crippen molar-refractivity contribution in [3.05, 3.63) is 54.6 Å². The summed E-state index contributed by atoms with van der Waals surface area (Å²) in [4.78, 5) is 0.496. The lowest BCUT2D eigenvalue weighted by atomic mass is 10.1. The molecule has 0 radical (unpaired) electrons. The molecule has 0 heterocycles. The summed E-state index contributed by atoms with van der Waals surface area (Å²) in [5, 5.41) is 31.6. The number of aromatic hydroxyl groups is 1. The number of hydrogen-bond acceptors (Lipinski definition) is 8. The first-order chi connectivity index (χ1) is 11.7. The van der Waals surface area contributed by atoms with Crippen molar-refractivity contribution in [2.24, 2.45) is 10.2 Å². The summed E-state index contributed by atoms with van der Waals surface area (Å²) in [7, 11) is 0. The van der Waals surface area contributed by atoms with E-state index in [9.17, 15) is 5.11 Å². The molecule has 0 amide bonds. The van der Waals surface area contributed by atoms with E-state index in [4.69, 9.17) is 11.0 Å². The lowest BCUT2D eigenvalue weighted by Crippen LogP contribution is -1.88. The maximum absolute atomic E-state index is 10.2. The maximum atomic E-state index is 10.2. The van der Waals surface area contributed by atoms with Crippen LogP contribution in [-0.2, 0) is 9.37 Å². The zero-order valence-electron chi connectivity index (χ0n) is 12.3. The Labute approximate surface area is 141 Å². The van der Waals surface area contributed by atoms with Crippen molar-refractivity contribution in [1.82, 2.24) is 0 Å². The molecule has 0 fully saturated rings. The van der Waals surface area contributed by atoms with Crippen molar-refractivity contribution >= 4 is 39.9 Å². The van der Waals surface area contributed by atoms with Gasteiger partial charge in [-0.3, -0.25) is 0 Å². The molecule has 122 valence electrons. The van der Waals surface area contributed by atoms with E-state index in [0.29, 0.717) is 32.7 Å². The number of benzene rings is 3. The molecule has 0 aliphatic carbocycles. The number of anilines is 1. The Balaban J connectivity index is 2.09. The van der Waals surface area contributed by atoms with Gasteiger partial charge in [0.25, 0.3) is 0 Å². The Kier molecular flexibility index (Phi) is 4.92. The van der Waals surface area contributed by atoms with Crippen LogP contribution < -0.4 is 5.73 Å². The normalized spacial score (nSPS) is 11.4. The van der Waals surface area contributed by atoms with Gasteiger partial charge in [-0.05, 0) is 36.4 Å². The molecule has 3 rings (SSSR count). The quantitative estimate of drug-likeness (QED) is 0.198. The molecule has 8 heteroatoms. The largest absolute Gasteiger partial charge is 0.507 e. The second-order valence-electron chi connectivity index (χ2n) is 4.80. The van der Waals surface area contributed by atoms with Crippen LogP contribution in [0.3, 0.4) is 0 Å². The van der Waals surface area contributed by atoms with Crippen molar-refractivity contribution in [2.45, 2.75) is 4.90 Å². The number of rotatable bonds is 5. The number of azo groups is 1. The molecular formula is C16H13N3O4S. The molecule has 0 atom stereocenters. The third kappa shape index (κ3) is 3.47. The zero-order chi connectivity index (χ0) is 16.9. The summed E-state index contributed by atoms with van der Waals surface area (Å²) in [6.07, 6.45) is 0. The smallest absolute Gasteiger partial charge is 0.124 e. The van der Waals surface area contributed by atoms with Crippen molar-refractivity contribution in [1.29, 1.82) is 0 Å². The van der Waals surface area contributed by atoms with Crippen LogP contribution in [0.25, 0.3) is 10.8 Å². The molecule has 7 nitrogen and oxygen atoms in total. The van der Waals surface area contributed by atoms with Gasteiger partial charge in [-0.2, -0.15) is 5.11 Å². The Morgan fingerprint density at radius 2 is 1.75 bits per heavy atom. The first-order valence-corrected chi connectivity index (χ1v) is 7.60. The number of phenolic OH excluding ortho intramolecular Hbond substituents is 1. The van der Waals surface area contributed by atoms with Crippen LogP contribution in [0.15, 0.2) is 69.7 Å². The van der Waals surface area contributed by atoms with E-state index >= 15 is 0 Å². The lowest BCUT2D eigenvalue weighted by Gasteiger charge is -2.08. The molecular weight excluding hydrogens is 330 g/mol. The molecule has 0 bridgehead atoms. The number of fused-ring (bicyclic) bond motifs is 1. The molecule has 0 saturated heterocycles. The third-order valence-corrected chi connectivity index (χ3v) is 3.83. The van der Waals surface area contributed by atoms with Crippen LogP contribution in [0.4, 0.5) is 17.1 Å². The predicted molar refractivity (Wildman–Crippen MR) is 91.3 cm³/mol. The molecule has 3 aromatic rings. The van der Waals surface area contributed by atoms with Gasteiger partial charge in [0.05, 0.1) is 23.4 Å². The summed E-state index contributed by atoms with van der Waals surface area (Å²) in [5.74, 6) is 0.0210. The third-order valence-electron chi connectivity index (χ3n) is 3.27. The second kappa shape index (κ2) is 7.28. The van der Waals surface area contributed by atoms with E-state index in [1.165, 1.54) is 6.07 Å². The van der Waals surface area contributed by atoms with Gasteiger partial charge in [0.2, 0.25) is 0 Å². The van der Waals surface area contributed by atoms with Crippen LogP contribution in [-0.4, -0.2) is 10.4 Å². The first kappa shape index (κ1) is 16.2. The van der Waals surface area contributed by atoms with Crippen molar-refractivity contribution in [3.63, 3.8) is 0 Å². The molecule has 0 aromatic heterocycles. The fraction of sp³-hybridized carbons (Fsp3) is 0.